The summed E-state index contributed by atoms with van der Waals surface area (Å²) in [6, 6.07) is 17.6. The maximum atomic E-state index is 13.1. The second kappa shape index (κ2) is 8.16. The van der Waals surface area contributed by atoms with Crippen molar-refractivity contribution in [2.45, 2.75) is 70.4 Å². The average Bonchev–Trinajstić information content (AvgIpc) is 3.09. The maximum absolute atomic E-state index is 13.1. The summed E-state index contributed by atoms with van der Waals surface area (Å²) in [7, 11) is 0. The summed E-state index contributed by atoms with van der Waals surface area (Å²) >= 11 is 0. The number of benzene rings is 2. The van der Waals surface area contributed by atoms with Gasteiger partial charge in [-0.25, -0.2) is 14.6 Å². The quantitative estimate of drug-likeness (QED) is 0.428. The van der Waals surface area contributed by atoms with Gasteiger partial charge >= 0.3 is 5.97 Å². The standard InChI is InChI=1S/C28H32O6/c1-17-9-14-23-18(2)25(31-26-28(23)22(17)15-16-27(3,32-26)33-34-28)30-24(29)21-12-10-20(11-13-21)19-7-5-4-6-8-19/h4-8,10-13,17-18,22-23,25-26H,9,14-16H2,1-3H3/t17-,18-,22+,23+,25-,26-,27+,28-/m1/s1. The van der Waals surface area contributed by atoms with Crippen LogP contribution in [0, 0.1) is 23.7 Å². The van der Waals surface area contributed by atoms with Crippen LogP contribution < -0.4 is 0 Å². The molecule has 0 N–H and O–H groups in total. The molecule has 4 aliphatic heterocycles. The molecule has 6 heteroatoms. The van der Waals surface area contributed by atoms with E-state index in [0.29, 0.717) is 11.5 Å². The fourth-order valence-electron chi connectivity index (χ4n) is 6.61. The second-order valence-electron chi connectivity index (χ2n) is 10.6. The van der Waals surface area contributed by atoms with Gasteiger partial charge in [0, 0.05) is 18.3 Å². The van der Waals surface area contributed by atoms with E-state index in [4.69, 9.17) is 24.0 Å². The van der Waals surface area contributed by atoms with E-state index in [0.717, 1.165) is 36.8 Å². The van der Waals surface area contributed by atoms with E-state index in [1.165, 1.54) is 0 Å². The smallest absolute Gasteiger partial charge is 0.340 e. The summed E-state index contributed by atoms with van der Waals surface area (Å²) in [5.74, 6) is -0.397. The van der Waals surface area contributed by atoms with Gasteiger partial charge in [0.25, 0.3) is 0 Å². The molecular formula is C28H32O6. The Bertz CT molecular complexity index is 1050. The summed E-state index contributed by atoms with van der Waals surface area (Å²) in [4.78, 5) is 25.1. The van der Waals surface area contributed by atoms with Crippen molar-refractivity contribution in [2.24, 2.45) is 23.7 Å². The summed E-state index contributed by atoms with van der Waals surface area (Å²) in [6.07, 6.45) is 2.46. The molecule has 0 radical (unpaired) electrons. The van der Waals surface area contributed by atoms with Crippen LogP contribution in [0.3, 0.4) is 0 Å². The van der Waals surface area contributed by atoms with Crippen LogP contribution in [-0.4, -0.2) is 29.9 Å². The summed E-state index contributed by atoms with van der Waals surface area (Å²) < 4.78 is 18.7. The lowest BCUT2D eigenvalue weighted by Crippen LogP contribution is -2.70. The zero-order valence-corrected chi connectivity index (χ0v) is 19.9. The van der Waals surface area contributed by atoms with Crippen LogP contribution in [-0.2, 0) is 24.0 Å². The highest BCUT2D eigenvalue weighted by Gasteiger charge is 2.69. The van der Waals surface area contributed by atoms with Gasteiger partial charge in [0.05, 0.1) is 5.56 Å². The van der Waals surface area contributed by atoms with E-state index in [2.05, 4.69) is 13.8 Å². The zero-order chi connectivity index (χ0) is 23.5. The Morgan fingerprint density at radius 1 is 0.912 bits per heavy atom. The number of hydrogen-bond donors (Lipinski definition) is 0. The third-order valence-electron chi connectivity index (χ3n) is 8.55. The Balaban J connectivity index is 1.23. The van der Waals surface area contributed by atoms with E-state index in [9.17, 15) is 4.79 Å². The molecule has 4 saturated heterocycles. The number of rotatable bonds is 3. The molecule has 0 aromatic heterocycles. The Hall–Kier alpha value is -2.25. The van der Waals surface area contributed by atoms with Gasteiger partial charge in [-0.05, 0) is 61.3 Å². The summed E-state index contributed by atoms with van der Waals surface area (Å²) in [6.45, 7) is 6.27. The molecule has 4 heterocycles. The van der Waals surface area contributed by atoms with Crippen molar-refractivity contribution in [1.82, 2.24) is 0 Å². The van der Waals surface area contributed by atoms with Crippen LogP contribution in [0.15, 0.2) is 54.6 Å². The average molecular weight is 465 g/mol. The number of fused-ring (bicyclic) bond motifs is 2. The molecule has 34 heavy (non-hydrogen) atoms. The normalized spacial score (nSPS) is 40.8. The first-order valence-electron chi connectivity index (χ1n) is 12.5. The molecule has 2 aromatic rings. The lowest BCUT2D eigenvalue weighted by atomic mass is 9.58. The Morgan fingerprint density at radius 2 is 1.65 bits per heavy atom. The number of ether oxygens (including phenoxy) is 3. The molecule has 7 rings (SSSR count). The fourth-order valence-corrected chi connectivity index (χ4v) is 6.61. The molecule has 2 aromatic carbocycles. The van der Waals surface area contributed by atoms with E-state index in [-0.39, 0.29) is 17.8 Å². The van der Waals surface area contributed by atoms with Gasteiger partial charge in [-0.2, -0.15) is 0 Å². The van der Waals surface area contributed by atoms with Gasteiger partial charge < -0.3 is 14.2 Å². The first-order chi connectivity index (χ1) is 16.4. The first kappa shape index (κ1) is 22.2. The van der Waals surface area contributed by atoms with Crippen molar-refractivity contribution in [3.8, 4) is 11.1 Å². The van der Waals surface area contributed by atoms with E-state index < -0.39 is 29.9 Å². The van der Waals surface area contributed by atoms with Crippen LogP contribution in [0.1, 0.15) is 56.8 Å². The molecule has 8 atom stereocenters. The van der Waals surface area contributed by atoms with Crippen molar-refractivity contribution in [2.75, 3.05) is 0 Å². The molecule has 5 aliphatic rings. The lowest BCUT2D eigenvalue weighted by Gasteiger charge is -2.59. The Morgan fingerprint density at radius 3 is 2.41 bits per heavy atom. The predicted octanol–water partition coefficient (Wildman–Crippen LogP) is 5.72. The summed E-state index contributed by atoms with van der Waals surface area (Å²) in [5, 5.41) is 0. The van der Waals surface area contributed by atoms with Crippen molar-refractivity contribution >= 4 is 5.97 Å². The third-order valence-corrected chi connectivity index (χ3v) is 8.55. The highest BCUT2D eigenvalue weighted by Crippen LogP contribution is 2.60. The minimum Gasteiger partial charge on any atom is -0.432 e. The third kappa shape index (κ3) is 3.42. The molecule has 0 unspecified atom stereocenters. The van der Waals surface area contributed by atoms with Crippen LogP contribution >= 0.6 is 0 Å². The fraction of sp³-hybridized carbons (Fsp3) is 0.536. The molecule has 5 fully saturated rings. The van der Waals surface area contributed by atoms with Gasteiger partial charge in [0.2, 0.25) is 12.1 Å². The van der Waals surface area contributed by atoms with Crippen LogP contribution in [0.2, 0.25) is 0 Å². The molecule has 1 aliphatic carbocycles. The molecular weight excluding hydrogens is 432 g/mol. The SMILES string of the molecule is C[C@H]1[C@H](OC(=O)c2ccc(-c3ccccc3)cc2)O[C@@H]2O[C@]3(C)CC[C@H]4[C@H](C)CC[C@@H]1[C@@]24OO3. The maximum Gasteiger partial charge on any atom is 0.340 e. The van der Waals surface area contributed by atoms with Gasteiger partial charge in [0.15, 0.2) is 11.9 Å². The van der Waals surface area contributed by atoms with Crippen LogP contribution in [0.25, 0.3) is 11.1 Å². The first-order valence-corrected chi connectivity index (χ1v) is 12.5. The van der Waals surface area contributed by atoms with Gasteiger partial charge in [-0.1, -0.05) is 56.3 Å². The Labute approximate surface area is 200 Å². The van der Waals surface area contributed by atoms with Crippen molar-refractivity contribution in [3.63, 3.8) is 0 Å². The number of hydrogen-bond acceptors (Lipinski definition) is 6. The molecule has 0 amide bonds. The van der Waals surface area contributed by atoms with Crippen molar-refractivity contribution in [3.05, 3.63) is 60.2 Å². The summed E-state index contributed by atoms with van der Waals surface area (Å²) in [5.41, 5.74) is 2.00. The van der Waals surface area contributed by atoms with Crippen molar-refractivity contribution < 1.29 is 28.8 Å². The molecule has 2 bridgehead atoms. The molecule has 1 spiro atoms. The zero-order valence-electron chi connectivity index (χ0n) is 19.9. The van der Waals surface area contributed by atoms with E-state index in [1.54, 1.807) is 12.1 Å². The van der Waals surface area contributed by atoms with E-state index >= 15 is 0 Å². The van der Waals surface area contributed by atoms with E-state index in [1.807, 2.05) is 49.4 Å². The molecule has 180 valence electrons. The van der Waals surface area contributed by atoms with Crippen LogP contribution in [0.4, 0.5) is 0 Å². The Kier molecular flexibility index (Phi) is 5.34. The molecule has 1 saturated carbocycles. The number of carbonyl (C=O) groups excluding carboxylic acids is 1. The van der Waals surface area contributed by atoms with Gasteiger partial charge in [-0.3, -0.25) is 0 Å². The monoisotopic (exact) mass is 464 g/mol. The lowest BCUT2D eigenvalue weighted by molar-refractivity contribution is -0.576. The van der Waals surface area contributed by atoms with Gasteiger partial charge in [-0.15, -0.1) is 0 Å². The number of carbonyl (C=O) groups is 1. The minimum absolute atomic E-state index is 0.0477. The van der Waals surface area contributed by atoms with Crippen molar-refractivity contribution in [1.29, 1.82) is 0 Å². The highest BCUT2D eigenvalue weighted by atomic mass is 17.3. The topological polar surface area (TPSA) is 63.2 Å². The molecule has 6 nitrogen and oxygen atoms in total. The number of esters is 1. The van der Waals surface area contributed by atoms with Gasteiger partial charge in [0.1, 0.15) is 0 Å². The predicted molar refractivity (Wildman–Crippen MR) is 124 cm³/mol. The second-order valence-corrected chi connectivity index (χ2v) is 10.6. The minimum atomic E-state index is -0.847. The highest BCUT2D eigenvalue weighted by molar-refractivity contribution is 5.90. The largest absolute Gasteiger partial charge is 0.432 e. The van der Waals surface area contributed by atoms with Crippen LogP contribution in [0.5, 0.6) is 0 Å².